The molecule has 0 unspecified atom stereocenters. The van der Waals surface area contributed by atoms with Crippen LogP contribution >= 0.6 is 28.6 Å². The van der Waals surface area contributed by atoms with Crippen molar-refractivity contribution in [1.82, 2.24) is 24.5 Å². The van der Waals surface area contributed by atoms with Crippen molar-refractivity contribution in [3.05, 3.63) is 82.9 Å². The molecule has 35 heavy (non-hydrogen) atoms. The average Bonchev–Trinajstić information content (AvgIpc) is 3.45. The van der Waals surface area contributed by atoms with Gasteiger partial charge in [0.25, 0.3) is 0 Å². The maximum absolute atomic E-state index is 10.1. The van der Waals surface area contributed by atoms with Gasteiger partial charge in [-0.05, 0) is 37.3 Å². The van der Waals surface area contributed by atoms with Gasteiger partial charge in [-0.25, -0.2) is 4.68 Å². The second-order valence-corrected chi connectivity index (χ2v) is 8.16. The standard InChI is InChI=1S/C25H22ClN7O.BrH/c1-18-22(23(26)33(30-18)21-10-6-3-7-11-21)16-19(17-27)24-28-29-25(31-12-14-34-15-13-31)32(24)20-8-4-2-5-9-20;/h2-11,16H,12-15H2,1H3;1H/b19-16+;. The summed E-state index contributed by atoms with van der Waals surface area (Å²) in [6.07, 6.45) is 1.73. The van der Waals surface area contributed by atoms with Crippen molar-refractivity contribution in [2.45, 2.75) is 6.92 Å². The van der Waals surface area contributed by atoms with Crippen LogP contribution < -0.4 is 4.90 Å². The highest BCUT2D eigenvalue weighted by atomic mass is 79.9. The lowest BCUT2D eigenvalue weighted by molar-refractivity contribution is 0.122. The Hall–Kier alpha value is -3.45. The highest BCUT2D eigenvalue weighted by Gasteiger charge is 2.24. The van der Waals surface area contributed by atoms with Crippen molar-refractivity contribution in [2.24, 2.45) is 0 Å². The van der Waals surface area contributed by atoms with Crippen molar-refractivity contribution < 1.29 is 4.74 Å². The van der Waals surface area contributed by atoms with Crippen LogP contribution in [-0.2, 0) is 4.74 Å². The van der Waals surface area contributed by atoms with Crippen molar-refractivity contribution in [1.29, 1.82) is 5.26 Å². The fourth-order valence-corrected chi connectivity index (χ4v) is 4.27. The van der Waals surface area contributed by atoms with E-state index in [1.807, 2.05) is 72.2 Å². The zero-order valence-electron chi connectivity index (χ0n) is 19.0. The van der Waals surface area contributed by atoms with Gasteiger partial charge in [0, 0.05) is 18.7 Å². The first kappa shape index (κ1) is 24.7. The quantitative estimate of drug-likeness (QED) is 0.328. The van der Waals surface area contributed by atoms with Gasteiger partial charge in [0.05, 0.1) is 35.9 Å². The van der Waals surface area contributed by atoms with Gasteiger partial charge in [0.2, 0.25) is 5.95 Å². The molecule has 178 valence electrons. The van der Waals surface area contributed by atoms with E-state index in [0.29, 0.717) is 60.1 Å². The normalized spacial score (nSPS) is 13.9. The summed E-state index contributed by atoms with van der Waals surface area (Å²) in [6.45, 7) is 4.50. The lowest BCUT2D eigenvalue weighted by Crippen LogP contribution is -2.38. The number of aromatic nitrogens is 5. The lowest BCUT2D eigenvalue weighted by atomic mass is 10.1. The molecule has 1 aliphatic heterocycles. The number of nitriles is 1. The minimum Gasteiger partial charge on any atom is -0.378 e. The molecule has 3 heterocycles. The molecular formula is C25H23BrClN7O. The van der Waals surface area contributed by atoms with Crippen molar-refractivity contribution in [3.63, 3.8) is 0 Å². The molecular weight excluding hydrogens is 530 g/mol. The fourth-order valence-electron chi connectivity index (χ4n) is 3.94. The molecule has 0 aliphatic carbocycles. The average molecular weight is 553 g/mol. The van der Waals surface area contributed by atoms with E-state index in [1.165, 1.54) is 0 Å². The molecule has 0 radical (unpaired) electrons. The minimum atomic E-state index is 0. The Balaban J connectivity index is 0.00000289. The number of halogens is 2. The summed E-state index contributed by atoms with van der Waals surface area (Å²) < 4.78 is 9.07. The second-order valence-electron chi connectivity index (χ2n) is 7.80. The van der Waals surface area contributed by atoms with Gasteiger partial charge in [-0.1, -0.05) is 48.0 Å². The van der Waals surface area contributed by atoms with Crippen molar-refractivity contribution in [2.75, 3.05) is 31.2 Å². The molecule has 0 amide bonds. The lowest BCUT2D eigenvalue weighted by Gasteiger charge is -2.28. The Bertz CT molecular complexity index is 1370. The first-order valence-corrected chi connectivity index (χ1v) is 11.3. The summed E-state index contributed by atoms with van der Waals surface area (Å²) in [5.74, 6) is 1.12. The third-order valence-electron chi connectivity index (χ3n) is 5.65. The minimum absolute atomic E-state index is 0. The van der Waals surface area contributed by atoms with Gasteiger partial charge in [-0.15, -0.1) is 27.2 Å². The summed E-state index contributed by atoms with van der Waals surface area (Å²) >= 11 is 6.72. The largest absolute Gasteiger partial charge is 0.378 e. The number of allylic oxidation sites excluding steroid dienone is 1. The van der Waals surface area contributed by atoms with Crippen LogP contribution in [0.4, 0.5) is 5.95 Å². The Morgan fingerprint density at radius 2 is 1.63 bits per heavy atom. The molecule has 1 saturated heterocycles. The SMILES string of the molecule is Br.Cc1nn(-c2ccccc2)c(Cl)c1/C=C(\C#N)c1nnc(N2CCOCC2)n1-c1ccccc1. The third-order valence-corrected chi connectivity index (χ3v) is 6.02. The van der Waals surface area contributed by atoms with Crippen LogP contribution in [0.3, 0.4) is 0 Å². The summed E-state index contributed by atoms with van der Waals surface area (Å²) in [5.41, 5.74) is 3.43. The summed E-state index contributed by atoms with van der Waals surface area (Å²) in [6, 6.07) is 21.7. The molecule has 0 bridgehead atoms. The van der Waals surface area contributed by atoms with Crippen LogP contribution in [0.1, 0.15) is 17.1 Å². The number of hydrogen-bond acceptors (Lipinski definition) is 6. The van der Waals surface area contributed by atoms with Crippen LogP contribution in [0.25, 0.3) is 23.0 Å². The molecule has 8 nitrogen and oxygen atoms in total. The predicted octanol–water partition coefficient (Wildman–Crippen LogP) is 4.89. The number of ether oxygens (including phenoxy) is 1. The van der Waals surface area contributed by atoms with E-state index in [1.54, 1.807) is 10.8 Å². The number of benzene rings is 2. The summed E-state index contributed by atoms with van der Waals surface area (Å²) in [4.78, 5) is 2.12. The summed E-state index contributed by atoms with van der Waals surface area (Å²) in [7, 11) is 0. The van der Waals surface area contributed by atoms with Gasteiger partial charge in [-0.3, -0.25) is 4.57 Å². The monoisotopic (exact) mass is 551 g/mol. The second kappa shape index (κ2) is 10.9. The van der Waals surface area contributed by atoms with Crippen LogP contribution in [0.15, 0.2) is 60.7 Å². The molecule has 4 aromatic rings. The number of morpholine rings is 1. The molecule has 2 aromatic carbocycles. The Morgan fingerprint density at radius 1 is 1.00 bits per heavy atom. The number of anilines is 1. The number of aryl methyl sites for hydroxylation is 1. The molecule has 0 N–H and O–H groups in total. The van der Waals surface area contributed by atoms with Crippen LogP contribution in [-0.4, -0.2) is 50.8 Å². The van der Waals surface area contributed by atoms with Crippen molar-refractivity contribution in [3.8, 4) is 17.4 Å². The number of hydrogen-bond donors (Lipinski definition) is 0. The van der Waals surface area contributed by atoms with E-state index in [0.717, 1.165) is 11.4 Å². The molecule has 0 spiro atoms. The number of nitrogens with zero attached hydrogens (tertiary/aromatic N) is 7. The van der Waals surface area contributed by atoms with E-state index >= 15 is 0 Å². The van der Waals surface area contributed by atoms with E-state index in [9.17, 15) is 5.26 Å². The Labute approximate surface area is 218 Å². The van der Waals surface area contributed by atoms with E-state index in [2.05, 4.69) is 26.3 Å². The molecule has 1 aliphatic rings. The number of para-hydroxylation sites is 2. The highest BCUT2D eigenvalue weighted by Crippen LogP contribution is 2.30. The van der Waals surface area contributed by atoms with Crippen molar-refractivity contribution >= 4 is 46.2 Å². The van der Waals surface area contributed by atoms with Crippen LogP contribution in [0, 0.1) is 18.3 Å². The zero-order valence-corrected chi connectivity index (χ0v) is 21.5. The first-order chi connectivity index (χ1) is 16.7. The van der Waals surface area contributed by atoms with Gasteiger partial charge < -0.3 is 9.64 Å². The maximum atomic E-state index is 10.1. The first-order valence-electron chi connectivity index (χ1n) is 10.9. The molecule has 10 heteroatoms. The number of rotatable bonds is 5. The van der Waals surface area contributed by atoms with Gasteiger partial charge in [0.1, 0.15) is 11.2 Å². The molecule has 0 saturated carbocycles. The van der Waals surface area contributed by atoms with E-state index in [4.69, 9.17) is 16.3 Å². The third kappa shape index (κ3) is 4.86. The van der Waals surface area contributed by atoms with Gasteiger partial charge in [-0.2, -0.15) is 10.4 Å². The molecule has 5 rings (SSSR count). The molecule has 1 fully saturated rings. The Morgan fingerprint density at radius 3 is 2.26 bits per heavy atom. The van der Waals surface area contributed by atoms with E-state index < -0.39 is 0 Å². The van der Waals surface area contributed by atoms with Gasteiger partial charge >= 0.3 is 0 Å². The fraction of sp³-hybridized carbons (Fsp3) is 0.200. The van der Waals surface area contributed by atoms with Gasteiger partial charge in [0.15, 0.2) is 5.82 Å². The molecule has 2 aromatic heterocycles. The smallest absolute Gasteiger partial charge is 0.232 e. The van der Waals surface area contributed by atoms with E-state index in [-0.39, 0.29) is 17.0 Å². The predicted molar refractivity (Wildman–Crippen MR) is 142 cm³/mol. The maximum Gasteiger partial charge on any atom is 0.232 e. The summed E-state index contributed by atoms with van der Waals surface area (Å²) in [5, 5.41) is 24.0. The van der Waals surface area contributed by atoms with Crippen LogP contribution in [0.2, 0.25) is 5.15 Å². The van der Waals surface area contributed by atoms with Crippen LogP contribution in [0.5, 0.6) is 0 Å². The topological polar surface area (TPSA) is 84.8 Å². The highest BCUT2D eigenvalue weighted by molar-refractivity contribution is 8.93. The Kier molecular flexibility index (Phi) is 7.66. The zero-order chi connectivity index (χ0) is 23.5. The molecule has 0 atom stereocenters.